The molecule has 172 valence electrons. The van der Waals surface area contributed by atoms with Crippen LogP contribution in [0.15, 0.2) is 23.3 Å². The molecule has 2 fully saturated rings. The molecule has 7 nitrogen and oxygen atoms in total. The summed E-state index contributed by atoms with van der Waals surface area (Å²) in [6.07, 6.45) is 3.35. The molecule has 1 saturated heterocycles. The number of hydrogen-bond donors (Lipinski definition) is 2. The van der Waals surface area contributed by atoms with E-state index >= 15 is 0 Å². The van der Waals surface area contributed by atoms with Gasteiger partial charge in [-0.15, -0.1) is 0 Å². The zero-order chi connectivity index (χ0) is 22.3. The molecule has 0 radical (unpaired) electrons. The van der Waals surface area contributed by atoms with Gasteiger partial charge in [-0.2, -0.15) is 13.2 Å². The summed E-state index contributed by atoms with van der Waals surface area (Å²) in [5.74, 6) is 0.944. The molecule has 1 aliphatic heterocycles. The van der Waals surface area contributed by atoms with Crippen LogP contribution in [0.3, 0.4) is 0 Å². The summed E-state index contributed by atoms with van der Waals surface area (Å²) in [6.45, 7) is 0.370. The lowest BCUT2D eigenvalue weighted by Gasteiger charge is -2.26. The Morgan fingerprint density at radius 2 is 2.06 bits per heavy atom. The number of guanidine groups is 1. The number of nitrogens with zero attached hydrogens (tertiary/aromatic N) is 3. The van der Waals surface area contributed by atoms with Crippen LogP contribution in [0.25, 0.3) is 0 Å². The molecule has 1 unspecified atom stereocenters. The first kappa shape index (κ1) is 23.1. The molecule has 2 N–H and O–H groups in total. The van der Waals surface area contributed by atoms with E-state index < -0.39 is 12.8 Å². The molecular formula is C21H30F3N5O2. The molecule has 10 heteroatoms. The Bertz CT molecular complexity index is 766. The van der Waals surface area contributed by atoms with Crippen LogP contribution in [-0.2, 0) is 11.3 Å². The van der Waals surface area contributed by atoms with E-state index in [9.17, 15) is 18.0 Å². The van der Waals surface area contributed by atoms with Crippen molar-refractivity contribution in [2.75, 3.05) is 26.7 Å². The van der Waals surface area contributed by atoms with Gasteiger partial charge in [0, 0.05) is 50.9 Å². The highest BCUT2D eigenvalue weighted by Gasteiger charge is 2.32. The van der Waals surface area contributed by atoms with Gasteiger partial charge in [0.2, 0.25) is 11.8 Å². The van der Waals surface area contributed by atoms with Gasteiger partial charge in [-0.1, -0.05) is 19.3 Å². The third-order valence-corrected chi connectivity index (χ3v) is 5.66. The van der Waals surface area contributed by atoms with Crippen LogP contribution >= 0.6 is 0 Å². The van der Waals surface area contributed by atoms with E-state index in [1.165, 1.54) is 18.7 Å². The molecule has 0 aromatic carbocycles. The Hall–Kier alpha value is -2.52. The van der Waals surface area contributed by atoms with Gasteiger partial charge in [-0.05, 0) is 30.9 Å². The van der Waals surface area contributed by atoms with Crippen LogP contribution in [0.4, 0.5) is 13.2 Å². The normalized spacial score (nSPS) is 20.6. The number of carbonyl (C=O) groups is 1. The predicted molar refractivity (Wildman–Crippen MR) is 111 cm³/mol. The Kier molecular flexibility index (Phi) is 7.97. The summed E-state index contributed by atoms with van der Waals surface area (Å²) in [4.78, 5) is 22.7. The quantitative estimate of drug-likeness (QED) is 0.524. The SMILES string of the molecule is CN=C(NCc1ccnc(OCC(F)(F)F)c1)NC1CCN(C(=O)C2CCCCC2)C1. The molecule has 31 heavy (non-hydrogen) atoms. The first-order chi connectivity index (χ1) is 14.8. The second-order valence-corrected chi connectivity index (χ2v) is 8.08. The first-order valence-corrected chi connectivity index (χ1v) is 10.7. The van der Waals surface area contributed by atoms with Gasteiger partial charge < -0.3 is 20.3 Å². The van der Waals surface area contributed by atoms with E-state index in [2.05, 4.69) is 25.3 Å². The van der Waals surface area contributed by atoms with Crippen molar-refractivity contribution >= 4 is 11.9 Å². The molecule has 2 aliphatic rings. The first-order valence-electron chi connectivity index (χ1n) is 10.7. The molecule has 1 atom stereocenters. The molecule has 1 amide bonds. The fourth-order valence-corrected chi connectivity index (χ4v) is 4.05. The number of rotatable bonds is 6. The second-order valence-electron chi connectivity index (χ2n) is 8.08. The molecule has 3 rings (SSSR count). The van der Waals surface area contributed by atoms with E-state index in [1.807, 2.05) is 4.90 Å². The molecular weight excluding hydrogens is 411 g/mol. The van der Waals surface area contributed by atoms with Crippen LogP contribution in [0.5, 0.6) is 5.88 Å². The highest BCUT2D eigenvalue weighted by Crippen LogP contribution is 2.26. The smallest absolute Gasteiger partial charge is 0.422 e. The summed E-state index contributed by atoms with van der Waals surface area (Å²) in [5, 5.41) is 6.48. The van der Waals surface area contributed by atoms with E-state index in [4.69, 9.17) is 0 Å². The number of pyridine rings is 1. The minimum Gasteiger partial charge on any atom is -0.468 e. The van der Waals surface area contributed by atoms with Crippen molar-refractivity contribution in [1.82, 2.24) is 20.5 Å². The Balaban J connectivity index is 1.45. The largest absolute Gasteiger partial charge is 0.468 e. The molecule has 1 saturated carbocycles. The Morgan fingerprint density at radius 3 is 2.77 bits per heavy atom. The van der Waals surface area contributed by atoms with Gasteiger partial charge in [-0.3, -0.25) is 9.79 Å². The lowest BCUT2D eigenvalue weighted by atomic mass is 9.88. The summed E-state index contributed by atoms with van der Waals surface area (Å²) < 4.78 is 41.6. The Labute approximate surface area is 180 Å². The van der Waals surface area contributed by atoms with Crippen molar-refractivity contribution in [2.24, 2.45) is 10.9 Å². The van der Waals surface area contributed by atoms with Crippen molar-refractivity contribution in [3.63, 3.8) is 0 Å². The standard InChI is InChI=1S/C21H30F3N5O2/c1-25-20(27-12-15-7-9-26-18(11-15)31-14-21(22,23)24)28-17-8-10-29(13-17)19(30)16-5-3-2-4-6-16/h7,9,11,16-17H,2-6,8,10,12-14H2,1H3,(H2,25,27,28). The maximum atomic E-state index is 12.7. The van der Waals surface area contributed by atoms with E-state index in [-0.39, 0.29) is 23.7 Å². The van der Waals surface area contributed by atoms with Crippen molar-refractivity contribution in [1.29, 1.82) is 0 Å². The van der Waals surface area contributed by atoms with Crippen LogP contribution in [0, 0.1) is 5.92 Å². The summed E-state index contributed by atoms with van der Waals surface area (Å²) in [7, 11) is 1.65. The minimum absolute atomic E-state index is 0.0766. The number of hydrogen-bond acceptors (Lipinski definition) is 4. The highest BCUT2D eigenvalue weighted by molar-refractivity contribution is 5.81. The number of aliphatic imine (C=N–C) groups is 1. The van der Waals surface area contributed by atoms with Crippen molar-refractivity contribution < 1.29 is 22.7 Å². The third kappa shape index (κ3) is 7.29. The lowest BCUT2D eigenvalue weighted by Crippen LogP contribution is -2.45. The van der Waals surface area contributed by atoms with Crippen LogP contribution in [0.1, 0.15) is 44.1 Å². The van der Waals surface area contributed by atoms with Crippen LogP contribution < -0.4 is 15.4 Å². The fourth-order valence-electron chi connectivity index (χ4n) is 4.05. The summed E-state index contributed by atoms with van der Waals surface area (Å²) in [5.41, 5.74) is 0.718. The van der Waals surface area contributed by atoms with Gasteiger partial charge in [0.05, 0.1) is 0 Å². The summed E-state index contributed by atoms with van der Waals surface area (Å²) >= 11 is 0. The number of carbonyl (C=O) groups excluding carboxylic acids is 1. The van der Waals surface area contributed by atoms with Crippen LogP contribution in [0.2, 0.25) is 0 Å². The average molecular weight is 441 g/mol. The molecule has 1 aromatic rings. The van der Waals surface area contributed by atoms with Crippen molar-refractivity contribution in [3.8, 4) is 5.88 Å². The summed E-state index contributed by atoms with van der Waals surface area (Å²) in [6, 6.07) is 3.27. The minimum atomic E-state index is -4.41. The third-order valence-electron chi connectivity index (χ3n) is 5.66. The van der Waals surface area contributed by atoms with Gasteiger partial charge in [0.1, 0.15) is 0 Å². The van der Waals surface area contributed by atoms with Crippen molar-refractivity contribution in [3.05, 3.63) is 23.9 Å². The molecule has 0 spiro atoms. The number of alkyl halides is 3. The second kappa shape index (κ2) is 10.7. The van der Waals surface area contributed by atoms with Gasteiger partial charge in [0.25, 0.3) is 0 Å². The zero-order valence-electron chi connectivity index (χ0n) is 17.7. The zero-order valence-corrected chi connectivity index (χ0v) is 17.7. The topological polar surface area (TPSA) is 78.9 Å². The number of ether oxygens (including phenoxy) is 1. The number of halogens is 3. The molecule has 0 bridgehead atoms. The number of likely N-dealkylation sites (tertiary alicyclic amines) is 1. The predicted octanol–water partition coefficient (Wildman–Crippen LogP) is 2.87. The number of amides is 1. The van der Waals surface area contributed by atoms with Crippen LogP contribution in [-0.4, -0.2) is 60.7 Å². The van der Waals surface area contributed by atoms with Gasteiger partial charge in [-0.25, -0.2) is 4.98 Å². The number of aromatic nitrogens is 1. The maximum Gasteiger partial charge on any atom is 0.422 e. The molecule has 1 aromatic heterocycles. The van der Waals surface area contributed by atoms with Crippen molar-refractivity contribution in [2.45, 2.75) is 57.3 Å². The lowest BCUT2D eigenvalue weighted by molar-refractivity contribution is -0.154. The fraction of sp³-hybridized carbons (Fsp3) is 0.667. The molecule has 1 aliphatic carbocycles. The number of nitrogens with one attached hydrogen (secondary N) is 2. The van der Waals surface area contributed by atoms with E-state index in [1.54, 1.807) is 13.1 Å². The highest BCUT2D eigenvalue weighted by atomic mass is 19.4. The van der Waals surface area contributed by atoms with E-state index in [0.29, 0.717) is 19.0 Å². The maximum absolute atomic E-state index is 12.7. The van der Waals surface area contributed by atoms with Gasteiger partial charge in [0.15, 0.2) is 12.6 Å². The Morgan fingerprint density at radius 1 is 1.29 bits per heavy atom. The van der Waals surface area contributed by atoms with E-state index in [0.717, 1.165) is 44.2 Å². The average Bonchev–Trinajstić information content (AvgIpc) is 3.23. The monoisotopic (exact) mass is 441 g/mol. The van der Waals surface area contributed by atoms with Gasteiger partial charge >= 0.3 is 6.18 Å². The molecule has 2 heterocycles.